The Balaban J connectivity index is 1.35. The lowest BCUT2D eigenvalue weighted by Gasteiger charge is -2.21. The van der Waals surface area contributed by atoms with Gasteiger partial charge in [-0.15, -0.1) is 5.10 Å². The number of hydrogen-bond acceptors (Lipinski definition) is 9. The molecule has 4 rings (SSSR count). The molecule has 196 valence electrons. The number of rotatable bonds is 9. The monoisotopic (exact) mass is 508 g/mol. The third-order valence-electron chi connectivity index (χ3n) is 6.54. The number of hydrogen-bond donors (Lipinski definition) is 1. The molecule has 1 amide bonds. The molecule has 1 aliphatic heterocycles. The number of aromatic nitrogens is 4. The summed E-state index contributed by atoms with van der Waals surface area (Å²) in [5.74, 6) is 1.32. The van der Waals surface area contributed by atoms with Crippen molar-refractivity contribution in [3.8, 4) is 28.6 Å². The Morgan fingerprint density at radius 2 is 1.78 bits per heavy atom. The van der Waals surface area contributed by atoms with Gasteiger partial charge in [-0.05, 0) is 43.5 Å². The fourth-order valence-electron chi connectivity index (χ4n) is 4.59. The number of carbonyl (C=O) groups is 2. The largest absolute Gasteiger partial charge is 0.493 e. The summed E-state index contributed by atoms with van der Waals surface area (Å²) in [5.41, 5.74) is 7.48. The molecular weight excluding hydrogens is 476 g/mol. The van der Waals surface area contributed by atoms with Crippen molar-refractivity contribution in [2.45, 2.75) is 38.1 Å². The number of methoxy groups -OCH3 is 3. The van der Waals surface area contributed by atoms with Gasteiger partial charge >= 0.3 is 0 Å². The molecule has 1 aliphatic rings. The van der Waals surface area contributed by atoms with Crippen molar-refractivity contribution in [2.24, 2.45) is 0 Å². The molecule has 0 bridgehead atoms. The van der Waals surface area contributed by atoms with Crippen LogP contribution in [0.15, 0.2) is 36.5 Å². The van der Waals surface area contributed by atoms with Gasteiger partial charge in [0.25, 0.3) is 0 Å². The van der Waals surface area contributed by atoms with Crippen LogP contribution in [0.4, 0.5) is 5.82 Å². The number of nitrogens with two attached hydrogens (primary N) is 1. The second-order valence-electron chi connectivity index (χ2n) is 8.80. The van der Waals surface area contributed by atoms with E-state index in [0.717, 1.165) is 19.3 Å². The maximum atomic E-state index is 13.0. The molecule has 2 N–H and O–H groups in total. The van der Waals surface area contributed by atoms with Crippen LogP contribution in [0.5, 0.6) is 17.2 Å². The van der Waals surface area contributed by atoms with Crippen LogP contribution in [-0.4, -0.2) is 71.0 Å². The van der Waals surface area contributed by atoms with Gasteiger partial charge in [0.15, 0.2) is 17.3 Å². The second-order valence-corrected chi connectivity index (χ2v) is 8.80. The average Bonchev–Trinajstić information content (AvgIpc) is 3.28. The van der Waals surface area contributed by atoms with Crippen LogP contribution in [0.25, 0.3) is 11.4 Å². The SMILES string of the molecule is COc1ccc(C(=O)CCC(=O)N2CCCC(n3cc(-c4cccc(N)n4)nn3)CC2)c(OC)c1OC. The fraction of sp³-hybridized carbons (Fsp3) is 0.423. The normalized spacial score (nSPS) is 15.6. The first kappa shape index (κ1) is 25.9. The minimum atomic E-state index is -0.191. The summed E-state index contributed by atoms with van der Waals surface area (Å²) in [7, 11) is 4.47. The molecule has 0 radical (unpaired) electrons. The van der Waals surface area contributed by atoms with Gasteiger partial charge in [0, 0.05) is 25.9 Å². The maximum absolute atomic E-state index is 13.0. The van der Waals surface area contributed by atoms with Gasteiger partial charge in [0.05, 0.1) is 44.8 Å². The van der Waals surface area contributed by atoms with Crippen LogP contribution in [-0.2, 0) is 4.79 Å². The minimum absolute atomic E-state index is 0.0447. The number of amides is 1. The summed E-state index contributed by atoms with van der Waals surface area (Å²) in [6.45, 7) is 1.23. The van der Waals surface area contributed by atoms with E-state index in [2.05, 4.69) is 15.3 Å². The van der Waals surface area contributed by atoms with Crippen LogP contribution in [0.3, 0.4) is 0 Å². The van der Waals surface area contributed by atoms with Crippen LogP contribution >= 0.6 is 0 Å². The molecule has 2 aromatic heterocycles. The summed E-state index contributed by atoms with van der Waals surface area (Å²) < 4.78 is 17.9. The summed E-state index contributed by atoms with van der Waals surface area (Å²) in [5, 5.41) is 8.55. The highest BCUT2D eigenvalue weighted by atomic mass is 16.5. The molecule has 1 unspecified atom stereocenters. The minimum Gasteiger partial charge on any atom is -0.493 e. The highest BCUT2D eigenvalue weighted by Gasteiger charge is 2.25. The number of anilines is 1. The average molecular weight is 509 g/mol. The Bertz CT molecular complexity index is 1260. The topological polar surface area (TPSA) is 135 Å². The molecule has 0 spiro atoms. The molecular formula is C26H32N6O5. The van der Waals surface area contributed by atoms with Crippen molar-refractivity contribution in [1.29, 1.82) is 0 Å². The van der Waals surface area contributed by atoms with Crippen LogP contribution in [0, 0.1) is 0 Å². The molecule has 37 heavy (non-hydrogen) atoms. The molecule has 0 aliphatic carbocycles. The van der Waals surface area contributed by atoms with Crippen molar-refractivity contribution < 1.29 is 23.8 Å². The number of nitrogen functional groups attached to an aromatic ring is 1. The van der Waals surface area contributed by atoms with Crippen LogP contribution in [0.2, 0.25) is 0 Å². The Hall–Kier alpha value is -4.15. The summed E-state index contributed by atoms with van der Waals surface area (Å²) in [6.07, 6.45) is 4.52. The number of pyridine rings is 1. The quantitative estimate of drug-likeness (QED) is 0.432. The number of ether oxygens (including phenoxy) is 3. The lowest BCUT2D eigenvalue weighted by Crippen LogP contribution is -2.32. The van der Waals surface area contributed by atoms with Gasteiger partial charge in [-0.1, -0.05) is 11.3 Å². The highest BCUT2D eigenvalue weighted by molar-refractivity contribution is 6.01. The van der Waals surface area contributed by atoms with Crippen LogP contribution < -0.4 is 19.9 Å². The van der Waals surface area contributed by atoms with Gasteiger partial charge in [-0.2, -0.15) is 0 Å². The van der Waals surface area contributed by atoms with Crippen molar-refractivity contribution in [2.75, 3.05) is 40.2 Å². The van der Waals surface area contributed by atoms with Gasteiger partial charge < -0.3 is 24.8 Å². The lowest BCUT2D eigenvalue weighted by molar-refractivity contribution is -0.131. The zero-order chi connectivity index (χ0) is 26.4. The Morgan fingerprint density at radius 3 is 2.51 bits per heavy atom. The van der Waals surface area contributed by atoms with E-state index in [1.165, 1.54) is 21.3 Å². The lowest BCUT2D eigenvalue weighted by atomic mass is 10.0. The van der Waals surface area contributed by atoms with E-state index in [1.807, 2.05) is 27.9 Å². The standard InChI is InChI=1S/C26H32N6O5/c1-35-22-11-9-18(25(36-2)26(22)37-3)21(33)10-12-24(34)31-14-5-6-17(13-15-31)32-16-20(29-30-32)19-7-4-8-23(27)28-19/h4,7-9,11,16-17H,5-6,10,12-15H2,1-3H3,(H2,27,28). The summed E-state index contributed by atoms with van der Waals surface area (Å²) in [6, 6.07) is 8.81. The van der Waals surface area contributed by atoms with E-state index in [0.29, 0.717) is 53.1 Å². The van der Waals surface area contributed by atoms with Gasteiger partial charge in [-0.3, -0.25) is 9.59 Å². The first-order chi connectivity index (χ1) is 17.9. The maximum Gasteiger partial charge on any atom is 0.223 e. The van der Waals surface area contributed by atoms with Gasteiger partial charge in [0.1, 0.15) is 11.5 Å². The van der Waals surface area contributed by atoms with E-state index >= 15 is 0 Å². The number of Topliss-reactive ketones (excluding diaryl/α,β-unsaturated/α-hetero) is 1. The third kappa shape index (κ3) is 5.82. The Morgan fingerprint density at radius 1 is 0.973 bits per heavy atom. The van der Waals surface area contributed by atoms with Crippen molar-refractivity contribution in [1.82, 2.24) is 24.9 Å². The molecule has 3 heterocycles. The van der Waals surface area contributed by atoms with E-state index in [1.54, 1.807) is 18.2 Å². The highest BCUT2D eigenvalue weighted by Crippen LogP contribution is 2.40. The zero-order valence-electron chi connectivity index (χ0n) is 21.3. The van der Waals surface area contributed by atoms with Gasteiger partial charge in [-0.25, -0.2) is 9.67 Å². The summed E-state index contributed by atoms with van der Waals surface area (Å²) >= 11 is 0. The summed E-state index contributed by atoms with van der Waals surface area (Å²) in [4.78, 5) is 32.0. The van der Waals surface area contributed by atoms with E-state index in [9.17, 15) is 9.59 Å². The zero-order valence-corrected chi connectivity index (χ0v) is 21.3. The van der Waals surface area contributed by atoms with E-state index < -0.39 is 0 Å². The van der Waals surface area contributed by atoms with Crippen molar-refractivity contribution in [3.05, 3.63) is 42.1 Å². The van der Waals surface area contributed by atoms with E-state index in [4.69, 9.17) is 19.9 Å². The van der Waals surface area contributed by atoms with Crippen LogP contribution in [0.1, 0.15) is 48.5 Å². The Labute approximate surface area is 215 Å². The van der Waals surface area contributed by atoms with Crippen molar-refractivity contribution in [3.63, 3.8) is 0 Å². The van der Waals surface area contributed by atoms with Gasteiger partial charge in [0.2, 0.25) is 11.7 Å². The molecule has 1 fully saturated rings. The Kier molecular flexibility index (Phi) is 8.22. The number of ketones is 1. The fourth-order valence-corrected chi connectivity index (χ4v) is 4.59. The predicted molar refractivity (Wildman–Crippen MR) is 137 cm³/mol. The predicted octanol–water partition coefficient (Wildman–Crippen LogP) is 3.16. The second kappa shape index (κ2) is 11.7. The number of likely N-dealkylation sites (tertiary alicyclic amines) is 1. The number of carbonyl (C=O) groups excluding carboxylic acids is 2. The molecule has 1 aromatic carbocycles. The molecule has 11 heteroatoms. The first-order valence-corrected chi connectivity index (χ1v) is 12.2. The molecule has 3 aromatic rings. The van der Waals surface area contributed by atoms with E-state index in [-0.39, 0.29) is 30.6 Å². The third-order valence-corrected chi connectivity index (χ3v) is 6.54. The molecule has 11 nitrogen and oxygen atoms in total. The molecule has 1 atom stereocenters. The smallest absolute Gasteiger partial charge is 0.223 e. The van der Waals surface area contributed by atoms with Crippen molar-refractivity contribution >= 4 is 17.5 Å². The number of benzene rings is 1. The molecule has 0 saturated carbocycles. The molecule has 1 saturated heterocycles. The first-order valence-electron chi connectivity index (χ1n) is 12.2. The number of nitrogens with zero attached hydrogens (tertiary/aromatic N) is 5.